The highest BCUT2D eigenvalue weighted by Gasteiger charge is 2.46. The van der Waals surface area contributed by atoms with Crippen LogP contribution in [0.5, 0.6) is 5.75 Å². The van der Waals surface area contributed by atoms with E-state index in [-0.39, 0.29) is 0 Å². The summed E-state index contributed by atoms with van der Waals surface area (Å²) in [5.41, 5.74) is 5.44. The molecular formula is C27H26O. The van der Waals surface area contributed by atoms with Gasteiger partial charge in [-0.05, 0) is 101 Å². The molecule has 2 aliphatic rings. The highest BCUT2D eigenvalue weighted by molar-refractivity contribution is 5.93. The molecule has 3 aromatic carbocycles. The lowest BCUT2D eigenvalue weighted by atomic mass is 9.66. The number of aromatic hydroxyl groups is 1. The van der Waals surface area contributed by atoms with E-state index in [0.717, 1.165) is 28.9 Å². The highest BCUT2D eigenvalue weighted by Crippen LogP contribution is 2.58. The first-order valence-electron chi connectivity index (χ1n) is 10.4. The Hall–Kier alpha value is -2.72. The third kappa shape index (κ3) is 2.80. The molecule has 28 heavy (non-hydrogen) atoms. The van der Waals surface area contributed by atoms with E-state index in [9.17, 15) is 5.11 Å². The second kappa shape index (κ2) is 6.42. The number of phenols is 1. The molecule has 0 aromatic heterocycles. The van der Waals surface area contributed by atoms with Crippen molar-refractivity contribution in [1.29, 1.82) is 0 Å². The third-order valence-corrected chi connectivity index (χ3v) is 7.00. The monoisotopic (exact) mass is 366 g/mol. The summed E-state index contributed by atoms with van der Waals surface area (Å²) in [6.45, 7) is 4.87. The van der Waals surface area contributed by atoms with Crippen molar-refractivity contribution >= 4 is 10.8 Å². The molecular weight excluding hydrogens is 340 g/mol. The zero-order chi connectivity index (χ0) is 19.3. The number of phenolic OH excluding ortho intramolecular Hbond substituents is 1. The van der Waals surface area contributed by atoms with Crippen molar-refractivity contribution < 1.29 is 5.11 Å². The zero-order valence-corrected chi connectivity index (χ0v) is 16.6. The standard InChI is InChI=1S/C27H26O/c1-18-14-26-25-15-20(9-8-19-6-4-3-5-7-19)22-11-10-21(28)16-24(22)23(25)12-13-27(26,2)17-18/h3-7,10-11,15-16,18,26,28H,12-14,17H2,1-2H3/t18-,26+,27-/m1/s1. The number of hydrogen-bond acceptors (Lipinski definition) is 1. The quantitative estimate of drug-likeness (QED) is 0.456. The fourth-order valence-electron chi connectivity index (χ4n) is 5.74. The summed E-state index contributed by atoms with van der Waals surface area (Å²) < 4.78 is 0. The lowest BCUT2D eigenvalue weighted by Gasteiger charge is -2.38. The van der Waals surface area contributed by atoms with E-state index in [1.807, 2.05) is 30.3 Å². The van der Waals surface area contributed by atoms with Crippen LogP contribution in [0.1, 0.15) is 61.3 Å². The highest BCUT2D eigenvalue weighted by atomic mass is 16.3. The molecule has 0 aliphatic heterocycles. The Balaban J connectivity index is 1.73. The van der Waals surface area contributed by atoms with Gasteiger partial charge in [0.1, 0.15) is 5.75 Å². The van der Waals surface area contributed by atoms with Gasteiger partial charge in [0.25, 0.3) is 0 Å². The molecule has 1 saturated carbocycles. The molecule has 0 radical (unpaired) electrons. The Morgan fingerprint density at radius 1 is 1.00 bits per heavy atom. The third-order valence-electron chi connectivity index (χ3n) is 7.00. The molecule has 0 saturated heterocycles. The van der Waals surface area contributed by atoms with Gasteiger partial charge >= 0.3 is 0 Å². The van der Waals surface area contributed by atoms with Gasteiger partial charge in [0, 0.05) is 11.1 Å². The van der Waals surface area contributed by atoms with Crippen LogP contribution in [-0.4, -0.2) is 5.11 Å². The average molecular weight is 367 g/mol. The summed E-state index contributed by atoms with van der Waals surface area (Å²) in [6, 6.07) is 18.3. The minimum atomic E-state index is 0.344. The number of rotatable bonds is 0. The van der Waals surface area contributed by atoms with Gasteiger partial charge in [0.05, 0.1) is 0 Å². The van der Waals surface area contributed by atoms with Crippen LogP contribution in [0, 0.1) is 23.2 Å². The normalized spacial score (nSPS) is 25.6. The Morgan fingerprint density at radius 3 is 2.64 bits per heavy atom. The van der Waals surface area contributed by atoms with Gasteiger partial charge in [-0.2, -0.15) is 0 Å². The minimum absolute atomic E-state index is 0.344. The molecule has 0 heterocycles. The Bertz CT molecular complexity index is 1120. The topological polar surface area (TPSA) is 20.2 Å². The van der Waals surface area contributed by atoms with Gasteiger partial charge in [0.2, 0.25) is 0 Å². The van der Waals surface area contributed by atoms with Crippen molar-refractivity contribution in [3.8, 4) is 17.6 Å². The zero-order valence-electron chi connectivity index (χ0n) is 16.6. The van der Waals surface area contributed by atoms with Crippen LogP contribution in [0.15, 0.2) is 54.6 Å². The molecule has 3 atom stereocenters. The smallest absolute Gasteiger partial charge is 0.116 e. The maximum atomic E-state index is 10.2. The largest absolute Gasteiger partial charge is 0.508 e. The summed E-state index contributed by atoms with van der Waals surface area (Å²) in [5.74, 6) is 8.51. The average Bonchev–Trinajstić information content (AvgIpc) is 3.01. The van der Waals surface area contributed by atoms with E-state index in [1.165, 1.54) is 35.8 Å². The van der Waals surface area contributed by atoms with Crippen LogP contribution in [0.2, 0.25) is 0 Å². The predicted molar refractivity (Wildman–Crippen MR) is 116 cm³/mol. The second-order valence-electron chi connectivity index (χ2n) is 9.09. The first-order chi connectivity index (χ1) is 13.5. The van der Waals surface area contributed by atoms with E-state index in [4.69, 9.17) is 0 Å². The summed E-state index contributed by atoms with van der Waals surface area (Å²) in [5, 5.41) is 12.5. The van der Waals surface area contributed by atoms with Gasteiger partial charge in [-0.3, -0.25) is 0 Å². The Labute approximate surface area is 167 Å². The minimum Gasteiger partial charge on any atom is -0.508 e. The van der Waals surface area contributed by atoms with Crippen molar-refractivity contribution in [2.24, 2.45) is 11.3 Å². The van der Waals surface area contributed by atoms with E-state index in [1.54, 1.807) is 6.07 Å². The molecule has 1 N–H and O–H groups in total. The molecule has 140 valence electrons. The van der Waals surface area contributed by atoms with Crippen molar-refractivity contribution in [2.45, 2.75) is 45.4 Å². The van der Waals surface area contributed by atoms with Crippen LogP contribution in [-0.2, 0) is 6.42 Å². The van der Waals surface area contributed by atoms with Crippen molar-refractivity contribution in [1.82, 2.24) is 0 Å². The number of fused-ring (bicyclic) bond motifs is 5. The molecule has 0 amide bonds. The first kappa shape index (κ1) is 17.4. The molecule has 3 aromatic rings. The van der Waals surface area contributed by atoms with Crippen LogP contribution in [0.3, 0.4) is 0 Å². The van der Waals surface area contributed by atoms with E-state index in [0.29, 0.717) is 17.1 Å². The summed E-state index contributed by atoms with van der Waals surface area (Å²) in [7, 11) is 0. The van der Waals surface area contributed by atoms with Crippen LogP contribution >= 0.6 is 0 Å². The second-order valence-corrected chi connectivity index (χ2v) is 9.09. The summed E-state index contributed by atoms with van der Waals surface area (Å²) in [4.78, 5) is 0. The maximum Gasteiger partial charge on any atom is 0.116 e. The molecule has 0 bridgehead atoms. The van der Waals surface area contributed by atoms with Gasteiger partial charge in [-0.1, -0.05) is 43.9 Å². The molecule has 1 fully saturated rings. The first-order valence-corrected chi connectivity index (χ1v) is 10.4. The van der Waals surface area contributed by atoms with Crippen molar-refractivity contribution in [2.75, 3.05) is 0 Å². The number of benzene rings is 3. The Morgan fingerprint density at radius 2 is 1.82 bits per heavy atom. The molecule has 5 rings (SSSR count). The van der Waals surface area contributed by atoms with E-state index < -0.39 is 0 Å². The summed E-state index contributed by atoms with van der Waals surface area (Å²) >= 11 is 0. The number of hydrogen-bond donors (Lipinski definition) is 1. The lowest BCUT2D eigenvalue weighted by molar-refractivity contribution is 0.248. The maximum absolute atomic E-state index is 10.2. The van der Waals surface area contributed by atoms with Gasteiger partial charge in [-0.25, -0.2) is 0 Å². The Kier molecular flexibility index (Phi) is 3.98. The van der Waals surface area contributed by atoms with Crippen LogP contribution in [0.4, 0.5) is 0 Å². The SMILES string of the molecule is C[C@@H]1C[C@H]2c3cc(C#Cc4ccccc4)c4ccc(O)cc4c3CC[C@]2(C)C1. The van der Waals surface area contributed by atoms with Crippen LogP contribution < -0.4 is 0 Å². The van der Waals surface area contributed by atoms with Crippen molar-refractivity contribution in [3.63, 3.8) is 0 Å². The molecule has 1 heteroatoms. The van der Waals surface area contributed by atoms with Gasteiger partial charge < -0.3 is 5.11 Å². The molecule has 2 aliphatic carbocycles. The fourth-order valence-corrected chi connectivity index (χ4v) is 5.74. The lowest BCUT2D eigenvalue weighted by Crippen LogP contribution is -2.26. The molecule has 0 unspecified atom stereocenters. The van der Waals surface area contributed by atoms with Crippen LogP contribution in [0.25, 0.3) is 10.8 Å². The predicted octanol–water partition coefficient (Wildman–Crippen LogP) is 6.41. The fraction of sp³-hybridized carbons (Fsp3) is 0.333. The van der Waals surface area contributed by atoms with E-state index in [2.05, 4.69) is 43.9 Å². The van der Waals surface area contributed by atoms with Gasteiger partial charge in [0.15, 0.2) is 0 Å². The summed E-state index contributed by atoms with van der Waals surface area (Å²) in [6.07, 6.45) is 4.93. The van der Waals surface area contributed by atoms with Crippen molar-refractivity contribution in [3.05, 3.63) is 76.9 Å². The van der Waals surface area contributed by atoms with E-state index >= 15 is 0 Å². The van der Waals surface area contributed by atoms with Gasteiger partial charge in [-0.15, -0.1) is 0 Å². The molecule has 1 nitrogen and oxygen atoms in total. The molecule has 0 spiro atoms. The number of aryl methyl sites for hydroxylation is 1.